The van der Waals surface area contributed by atoms with E-state index in [-0.39, 0.29) is 27.8 Å². The Hall–Kier alpha value is -3.20. The van der Waals surface area contributed by atoms with E-state index in [0.717, 1.165) is 5.56 Å². The van der Waals surface area contributed by atoms with Crippen molar-refractivity contribution in [2.45, 2.75) is 31.1 Å². The number of aryl methyl sites for hydroxylation is 1. The zero-order valence-corrected chi connectivity index (χ0v) is 19.3. The number of benzene rings is 2. The number of sulfonamides is 1. The smallest absolute Gasteiger partial charge is 0.278 e. The van der Waals surface area contributed by atoms with Gasteiger partial charge >= 0.3 is 0 Å². The summed E-state index contributed by atoms with van der Waals surface area (Å²) in [6.45, 7) is 6.20. The number of nitrogens with one attached hydrogen (secondary N) is 1. The van der Waals surface area contributed by atoms with E-state index in [4.69, 9.17) is 14.2 Å². The molecular formula is C22H27N3O5S. The van der Waals surface area contributed by atoms with Crippen LogP contribution in [0.15, 0.2) is 53.4 Å². The third-order valence-corrected chi connectivity index (χ3v) is 6.06. The van der Waals surface area contributed by atoms with Crippen molar-refractivity contribution >= 4 is 15.8 Å². The Balaban J connectivity index is 1.98. The Morgan fingerprint density at radius 3 is 2.10 bits per heavy atom. The summed E-state index contributed by atoms with van der Waals surface area (Å²) in [6.07, 6.45) is 0. The summed E-state index contributed by atoms with van der Waals surface area (Å²) in [5.74, 6) is 1.27. The quantitative estimate of drug-likeness (QED) is 0.582. The van der Waals surface area contributed by atoms with Crippen LogP contribution < -0.4 is 18.9 Å². The molecule has 0 spiro atoms. The summed E-state index contributed by atoms with van der Waals surface area (Å²) in [6, 6.07) is 13.8. The number of rotatable bonds is 7. The first-order valence-electron chi connectivity index (χ1n) is 9.62. The standard InChI is InChI=1S/C22H27N3O5S/c1-22(2,3)15-11-13-16(14-12-15)31(26,27)24-20-19(21(29-6)23-25(20)4)30-18-10-8-7-9-17(18)28-5/h7-14,24H,1-6H3. The van der Waals surface area contributed by atoms with Crippen LogP contribution in [0.25, 0.3) is 0 Å². The van der Waals surface area contributed by atoms with Crippen LogP contribution in [0.3, 0.4) is 0 Å². The molecule has 0 amide bonds. The highest BCUT2D eigenvalue weighted by atomic mass is 32.2. The first-order valence-corrected chi connectivity index (χ1v) is 11.1. The van der Waals surface area contributed by atoms with Gasteiger partial charge in [0.25, 0.3) is 15.9 Å². The molecule has 0 aliphatic carbocycles. The number of hydrogen-bond donors (Lipinski definition) is 1. The minimum absolute atomic E-state index is 0.0825. The van der Waals surface area contributed by atoms with Crippen molar-refractivity contribution in [2.75, 3.05) is 18.9 Å². The normalized spacial score (nSPS) is 11.8. The van der Waals surface area contributed by atoms with Gasteiger partial charge in [-0.2, -0.15) is 0 Å². The summed E-state index contributed by atoms with van der Waals surface area (Å²) in [7, 11) is 0.647. The topological polar surface area (TPSA) is 91.7 Å². The summed E-state index contributed by atoms with van der Waals surface area (Å²) in [5, 5.41) is 4.21. The van der Waals surface area contributed by atoms with Crippen molar-refractivity contribution in [3.63, 3.8) is 0 Å². The van der Waals surface area contributed by atoms with Gasteiger partial charge in [-0.15, -0.1) is 5.10 Å². The third-order valence-electron chi connectivity index (χ3n) is 4.71. The maximum absolute atomic E-state index is 13.1. The van der Waals surface area contributed by atoms with Crippen LogP contribution in [0.1, 0.15) is 26.3 Å². The number of hydrogen-bond acceptors (Lipinski definition) is 6. The molecule has 2 aromatic carbocycles. The Morgan fingerprint density at radius 2 is 1.55 bits per heavy atom. The number of ether oxygens (including phenoxy) is 3. The molecular weight excluding hydrogens is 418 g/mol. The lowest BCUT2D eigenvalue weighted by Crippen LogP contribution is -2.17. The van der Waals surface area contributed by atoms with E-state index in [9.17, 15) is 8.42 Å². The fourth-order valence-electron chi connectivity index (χ4n) is 2.95. The third kappa shape index (κ3) is 4.77. The second-order valence-corrected chi connectivity index (χ2v) is 9.63. The van der Waals surface area contributed by atoms with Gasteiger partial charge in [-0.05, 0) is 35.2 Å². The van der Waals surface area contributed by atoms with Gasteiger partial charge in [0, 0.05) is 7.05 Å². The van der Waals surface area contributed by atoms with Crippen LogP contribution in [0.5, 0.6) is 23.1 Å². The maximum atomic E-state index is 13.1. The van der Waals surface area contributed by atoms with E-state index >= 15 is 0 Å². The molecule has 166 valence electrons. The summed E-state index contributed by atoms with van der Waals surface area (Å²) >= 11 is 0. The lowest BCUT2D eigenvalue weighted by molar-refractivity contribution is 0.350. The average molecular weight is 446 g/mol. The van der Waals surface area contributed by atoms with Gasteiger partial charge in [0.2, 0.25) is 5.75 Å². The van der Waals surface area contributed by atoms with E-state index < -0.39 is 10.0 Å². The van der Waals surface area contributed by atoms with Gasteiger partial charge < -0.3 is 14.2 Å². The highest BCUT2D eigenvalue weighted by Crippen LogP contribution is 2.41. The maximum Gasteiger partial charge on any atom is 0.278 e. The van der Waals surface area contributed by atoms with Crippen molar-refractivity contribution in [3.05, 3.63) is 54.1 Å². The molecule has 0 atom stereocenters. The highest BCUT2D eigenvalue weighted by molar-refractivity contribution is 7.92. The van der Waals surface area contributed by atoms with E-state index in [1.807, 2.05) is 12.1 Å². The van der Waals surface area contributed by atoms with E-state index in [2.05, 4.69) is 30.6 Å². The molecule has 31 heavy (non-hydrogen) atoms. The Morgan fingerprint density at radius 1 is 0.935 bits per heavy atom. The van der Waals surface area contributed by atoms with Gasteiger partial charge in [-0.1, -0.05) is 45.0 Å². The second-order valence-electron chi connectivity index (χ2n) is 7.94. The molecule has 0 bridgehead atoms. The fourth-order valence-corrected chi connectivity index (χ4v) is 4.04. The van der Waals surface area contributed by atoms with E-state index in [0.29, 0.717) is 11.5 Å². The predicted octanol–water partition coefficient (Wildman–Crippen LogP) is 4.33. The van der Waals surface area contributed by atoms with Crippen LogP contribution in [-0.4, -0.2) is 32.4 Å². The van der Waals surface area contributed by atoms with Crippen LogP contribution in [0.2, 0.25) is 0 Å². The van der Waals surface area contributed by atoms with Crippen LogP contribution >= 0.6 is 0 Å². The largest absolute Gasteiger partial charge is 0.493 e. The Kier molecular flexibility index (Phi) is 6.17. The number of aromatic nitrogens is 2. The minimum atomic E-state index is -3.90. The van der Waals surface area contributed by atoms with Gasteiger partial charge in [0.05, 0.1) is 19.1 Å². The first kappa shape index (κ1) is 22.5. The molecule has 3 aromatic rings. The SMILES string of the molecule is COc1ccccc1Oc1c(OC)nn(C)c1NS(=O)(=O)c1ccc(C(C)(C)C)cc1. The predicted molar refractivity (Wildman–Crippen MR) is 119 cm³/mol. The highest BCUT2D eigenvalue weighted by Gasteiger charge is 2.26. The number of para-hydroxylation sites is 2. The molecule has 3 rings (SSSR count). The summed E-state index contributed by atoms with van der Waals surface area (Å²) in [5.41, 5.74) is 0.954. The molecule has 0 unspecified atom stereocenters. The van der Waals surface area contributed by atoms with Crippen LogP contribution in [0.4, 0.5) is 5.82 Å². The van der Waals surface area contributed by atoms with Gasteiger partial charge in [0.15, 0.2) is 17.3 Å². The number of methoxy groups -OCH3 is 2. The Bertz CT molecular complexity index is 1160. The molecule has 1 N–H and O–H groups in total. The second kappa shape index (κ2) is 8.50. The van der Waals surface area contributed by atoms with Gasteiger partial charge in [-0.25, -0.2) is 13.1 Å². The molecule has 9 heteroatoms. The molecule has 0 saturated carbocycles. The van der Waals surface area contributed by atoms with Crippen molar-refractivity contribution in [2.24, 2.45) is 7.05 Å². The van der Waals surface area contributed by atoms with Crippen molar-refractivity contribution in [1.29, 1.82) is 0 Å². The van der Waals surface area contributed by atoms with E-state index in [1.165, 1.54) is 18.9 Å². The number of nitrogens with zero attached hydrogens (tertiary/aromatic N) is 2. The molecule has 0 aliphatic rings. The van der Waals surface area contributed by atoms with Gasteiger partial charge in [0.1, 0.15) is 0 Å². The molecule has 1 aromatic heterocycles. The molecule has 0 radical (unpaired) electrons. The zero-order valence-electron chi connectivity index (χ0n) is 18.5. The molecule has 0 aliphatic heterocycles. The zero-order chi connectivity index (χ0) is 22.8. The summed E-state index contributed by atoms with van der Waals surface area (Å²) in [4.78, 5) is 0.129. The first-order chi connectivity index (χ1) is 14.6. The molecule has 0 fully saturated rings. The van der Waals surface area contributed by atoms with Crippen LogP contribution in [-0.2, 0) is 22.5 Å². The van der Waals surface area contributed by atoms with Crippen molar-refractivity contribution in [3.8, 4) is 23.1 Å². The van der Waals surface area contributed by atoms with Crippen molar-refractivity contribution in [1.82, 2.24) is 9.78 Å². The Labute approximate surface area is 182 Å². The fraction of sp³-hybridized carbons (Fsp3) is 0.318. The summed E-state index contributed by atoms with van der Waals surface area (Å²) < 4.78 is 46.6. The molecule has 8 nitrogen and oxygen atoms in total. The van der Waals surface area contributed by atoms with Crippen LogP contribution in [0, 0.1) is 0 Å². The van der Waals surface area contributed by atoms with E-state index in [1.54, 1.807) is 43.4 Å². The minimum Gasteiger partial charge on any atom is -0.493 e. The average Bonchev–Trinajstić information content (AvgIpc) is 3.02. The van der Waals surface area contributed by atoms with Gasteiger partial charge in [-0.3, -0.25) is 4.72 Å². The van der Waals surface area contributed by atoms with Crippen molar-refractivity contribution < 1.29 is 22.6 Å². The monoisotopic (exact) mass is 445 g/mol. The lowest BCUT2D eigenvalue weighted by atomic mass is 9.87. The number of anilines is 1. The molecule has 0 saturated heterocycles. The molecule has 1 heterocycles. The lowest BCUT2D eigenvalue weighted by Gasteiger charge is -2.19.